The van der Waals surface area contributed by atoms with Gasteiger partial charge < -0.3 is 9.84 Å². The number of hydrogen-bond acceptors (Lipinski definition) is 5. The van der Waals surface area contributed by atoms with E-state index in [-0.39, 0.29) is 5.41 Å². The van der Waals surface area contributed by atoms with Crippen molar-refractivity contribution in [2.45, 2.75) is 25.7 Å². The van der Waals surface area contributed by atoms with Crippen molar-refractivity contribution in [1.29, 1.82) is 0 Å². The summed E-state index contributed by atoms with van der Waals surface area (Å²) in [5.41, 5.74) is 1.86. The van der Waals surface area contributed by atoms with Crippen molar-refractivity contribution in [3.05, 3.63) is 29.8 Å². The maximum Gasteiger partial charge on any atom is 0.234 e. The van der Waals surface area contributed by atoms with Gasteiger partial charge in [0.25, 0.3) is 0 Å². The summed E-state index contributed by atoms with van der Waals surface area (Å²) in [4.78, 5) is 8.77. The van der Waals surface area contributed by atoms with Gasteiger partial charge in [-0.2, -0.15) is 4.98 Å². The number of aryl methyl sites for hydroxylation is 1. The fourth-order valence-electron chi connectivity index (χ4n) is 2.23. The number of pyridine rings is 1. The van der Waals surface area contributed by atoms with Gasteiger partial charge in [-0.15, -0.1) is 0 Å². The van der Waals surface area contributed by atoms with E-state index in [4.69, 9.17) is 4.52 Å². The molecule has 2 aromatic heterocycles. The zero-order valence-electron chi connectivity index (χ0n) is 10.6. The molecule has 94 valence electrons. The van der Waals surface area contributed by atoms with Gasteiger partial charge in [-0.05, 0) is 44.5 Å². The molecule has 0 aromatic carbocycles. The van der Waals surface area contributed by atoms with E-state index in [1.165, 1.54) is 0 Å². The minimum absolute atomic E-state index is 0.0466. The molecule has 3 heterocycles. The van der Waals surface area contributed by atoms with Crippen LogP contribution in [0.25, 0.3) is 11.5 Å². The minimum Gasteiger partial charge on any atom is -0.338 e. The number of aromatic nitrogens is 3. The number of hydrogen-bond donors (Lipinski definition) is 1. The fraction of sp³-hybridized carbons (Fsp3) is 0.462. The zero-order chi connectivity index (χ0) is 12.6. The topological polar surface area (TPSA) is 63.8 Å². The molecule has 5 heteroatoms. The molecular weight excluding hydrogens is 228 g/mol. The van der Waals surface area contributed by atoms with Crippen LogP contribution < -0.4 is 5.32 Å². The standard InChI is InChI=1S/C13H16N4O/c1-9-3-5-15-10(7-9)11-16-12(18-17-11)13(2)4-6-14-8-13/h3,5,7,14H,4,6,8H2,1-2H3. The van der Waals surface area contributed by atoms with Gasteiger partial charge in [-0.1, -0.05) is 5.16 Å². The van der Waals surface area contributed by atoms with E-state index in [0.717, 1.165) is 30.8 Å². The van der Waals surface area contributed by atoms with E-state index in [1.54, 1.807) is 6.20 Å². The fourth-order valence-corrected chi connectivity index (χ4v) is 2.23. The predicted octanol–water partition coefficient (Wildman–Crippen LogP) is 1.69. The lowest BCUT2D eigenvalue weighted by Gasteiger charge is -2.15. The molecule has 1 unspecified atom stereocenters. The highest BCUT2D eigenvalue weighted by Crippen LogP contribution is 2.29. The molecule has 18 heavy (non-hydrogen) atoms. The first-order valence-electron chi connectivity index (χ1n) is 6.15. The van der Waals surface area contributed by atoms with Crippen LogP contribution in [0.2, 0.25) is 0 Å². The predicted molar refractivity (Wildman–Crippen MR) is 67.1 cm³/mol. The maximum atomic E-state index is 5.40. The third-order valence-corrected chi connectivity index (χ3v) is 3.46. The highest BCUT2D eigenvalue weighted by atomic mass is 16.5. The van der Waals surface area contributed by atoms with Gasteiger partial charge in [0.15, 0.2) is 0 Å². The van der Waals surface area contributed by atoms with Crippen molar-refractivity contribution in [3.63, 3.8) is 0 Å². The Labute approximate surface area is 106 Å². The molecule has 0 amide bonds. The van der Waals surface area contributed by atoms with Crippen LogP contribution in [-0.2, 0) is 5.41 Å². The molecule has 1 saturated heterocycles. The van der Waals surface area contributed by atoms with Crippen LogP contribution in [0, 0.1) is 6.92 Å². The third-order valence-electron chi connectivity index (χ3n) is 3.46. The highest BCUT2D eigenvalue weighted by Gasteiger charge is 2.36. The van der Waals surface area contributed by atoms with E-state index in [1.807, 2.05) is 19.1 Å². The van der Waals surface area contributed by atoms with Crippen molar-refractivity contribution in [2.24, 2.45) is 0 Å². The second-order valence-corrected chi connectivity index (χ2v) is 5.13. The van der Waals surface area contributed by atoms with E-state index in [0.29, 0.717) is 11.7 Å². The van der Waals surface area contributed by atoms with E-state index in [9.17, 15) is 0 Å². The van der Waals surface area contributed by atoms with Crippen molar-refractivity contribution in [1.82, 2.24) is 20.4 Å². The molecule has 1 aliphatic heterocycles. The summed E-state index contributed by atoms with van der Waals surface area (Å²) >= 11 is 0. The molecule has 0 aliphatic carbocycles. The lowest BCUT2D eigenvalue weighted by atomic mass is 9.90. The van der Waals surface area contributed by atoms with E-state index >= 15 is 0 Å². The van der Waals surface area contributed by atoms with Gasteiger partial charge in [-0.25, -0.2) is 0 Å². The first-order chi connectivity index (χ1) is 8.67. The third kappa shape index (κ3) is 1.90. The quantitative estimate of drug-likeness (QED) is 0.871. The molecule has 0 spiro atoms. The Hall–Kier alpha value is -1.75. The molecular formula is C13H16N4O. The number of nitrogens with one attached hydrogen (secondary N) is 1. The van der Waals surface area contributed by atoms with Gasteiger partial charge in [0.1, 0.15) is 5.69 Å². The molecule has 1 fully saturated rings. The van der Waals surface area contributed by atoms with Crippen LogP contribution in [0.15, 0.2) is 22.9 Å². The number of rotatable bonds is 2. The summed E-state index contributed by atoms with van der Waals surface area (Å²) in [5, 5.41) is 7.37. The molecule has 1 aliphatic rings. The van der Waals surface area contributed by atoms with E-state index in [2.05, 4.69) is 27.4 Å². The second-order valence-electron chi connectivity index (χ2n) is 5.13. The van der Waals surface area contributed by atoms with Crippen LogP contribution in [-0.4, -0.2) is 28.2 Å². The SMILES string of the molecule is Cc1ccnc(-c2noc(C3(C)CCNC3)n2)c1. The van der Waals surface area contributed by atoms with Crippen molar-refractivity contribution >= 4 is 0 Å². The molecule has 1 atom stereocenters. The largest absolute Gasteiger partial charge is 0.338 e. The maximum absolute atomic E-state index is 5.40. The van der Waals surface area contributed by atoms with Gasteiger partial charge in [0.05, 0.1) is 5.41 Å². The normalized spacial score (nSPS) is 23.4. The van der Waals surface area contributed by atoms with Gasteiger partial charge in [0.2, 0.25) is 11.7 Å². The summed E-state index contributed by atoms with van der Waals surface area (Å²) in [6.45, 7) is 6.05. The summed E-state index contributed by atoms with van der Waals surface area (Å²) in [6, 6.07) is 3.91. The van der Waals surface area contributed by atoms with Gasteiger partial charge in [-0.3, -0.25) is 4.98 Å². The molecule has 0 radical (unpaired) electrons. The molecule has 2 aromatic rings. The average Bonchev–Trinajstić information content (AvgIpc) is 2.98. The number of nitrogens with zero attached hydrogens (tertiary/aromatic N) is 3. The van der Waals surface area contributed by atoms with Crippen LogP contribution in [0.1, 0.15) is 24.8 Å². The zero-order valence-corrected chi connectivity index (χ0v) is 10.6. The van der Waals surface area contributed by atoms with Crippen molar-refractivity contribution < 1.29 is 4.52 Å². The lowest BCUT2D eigenvalue weighted by molar-refractivity contribution is 0.306. The van der Waals surface area contributed by atoms with Crippen molar-refractivity contribution in [3.8, 4) is 11.5 Å². The van der Waals surface area contributed by atoms with Crippen LogP contribution in [0.4, 0.5) is 0 Å². The Morgan fingerprint density at radius 3 is 3.06 bits per heavy atom. The Balaban J connectivity index is 1.94. The second kappa shape index (κ2) is 4.17. The molecule has 1 N–H and O–H groups in total. The molecule has 0 bridgehead atoms. The summed E-state index contributed by atoms with van der Waals surface area (Å²) in [7, 11) is 0. The first kappa shape index (κ1) is 11.3. The Morgan fingerprint density at radius 2 is 2.33 bits per heavy atom. The average molecular weight is 244 g/mol. The smallest absolute Gasteiger partial charge is 0.234 e. The first-order valence-corrected chi connectivity index (χ1v) is 6.15. The minimum atomic E-state index is -0.0466. The van der Waals surface area contributed by atoms with Crippen LogP contribution >= 0.6 is 0 Å². The van der Waals surface area contributed by atoms with Gasteiger partial charge in [0, 0.05) is 12.7 Å². The monoisotopic (exact) mass is 244 g/mol. The van der Waals surface area contributed by atoms with Crippen molar-refractivity contribution in [2.75, 3.05) is 13.1 Å². The Bertz CT molecular complexity index is 558. The van der Waals surface area contributed by atoms with Crippen LogP contribution in [0.3, 0.4) is 0 Å². The highest BCUT2D eigenvalue weighted by molar-refractivity contribution is 5.49. The molecule has 3 rings (SSSR count). The van der Waals surface area contributed by atoms with Crippen LogP contribution in [0.5, 0.6) is 0 Å². The molecule has 0 saturated carbocycles. The van der Waals surface area contributed by atoms with Gasteiger partial charge >= 0.3 is 0 Å². The Kier molecular flexibility index (Phi) is 2.63. The molecule has 5 nitrogen and oxygen atoms in total. The van der Waals surface area contributed by atoms with E-state index < -0.39 is 0 Å². The summed E-state index contributed by atoms with van der Waals surface area (Å²) in [6.07, 6.45) is 2.79. The summed E-state index contributed by atoms with van der Waals surface area (Å²) in [5.74, 6) is 1.27. The summed E-state index contributed by atoms with van der Waals surface area (Å²) < 4.78 is 5.40. The Morgan fingerprint density at radius 1 is 1.44 bits per heavy atom. The lowest BCUT2D eigenvalue weighted by Crippen LogP contribution is -2.25.